The van der Waals surface area contributed by atoms with E-state index in [-0.39, 0.29) is 35.3 Å². The lowest BCUT2D eigenvalue weighted by atomic mass is 9.91. The van der Waals surface area contributed by atoms with Gasteiger partial charge >= 0.3 is 5.97 Å². The summed E-state index contributed by atoms with van der Waals surface area (Å²) in [6, 6.07) is 9.85. The summed E-state index contributed by atoms with van der Waals surface area (Å²) in [5.41, 5.74) is 0.752. The van der Waals surface area contributed by atoms with Gasteiger partial charge in [0.15, 0.2) is 6.61 Å². The van der Waals surface area contributed by atoms with E-state index in [1.54, 1.807) is 6.07 Å². The molecule has 1 aliphatic rings. The largest absolute Gasteiger partial charge is 0.452 e. The number of hydrogen-bond donors (Lipinski definition) is 0. The molecule has 182 valence electrons. The van der Waals surface area contributed by atoms with Crippen molar-refractivity contribution in [2.45, 2.75) is 26.9 Å². The standard InChI is InChI=1S/C23H23N5O7/c1-14-9-15(2)12-26(11-14)19-8-5-17(10-20(19)28(32)33)23(29)34-13-21-24-25-22(35-21)16-3-6-18(7-4-16)27(30)31/h3-8,10,14-15H,9,11-13H2,1-2H3. The van der Waals surface area contributed by atoms with Gasteiger partial charge in [0.05, 0.1) is 15.4 Å². The third kappa shape index (κ3) is 5.42. The van der Waals surface area contributed by atoms with Gasteiger partial charge in [-0.05, 0) is 42.5 Å². The van der Waals surface area contributed by atoms with Crippen LogP contribution in [-0.4, -0.2) is 39.1 Å². The molecular formula is C23H23N5O7. The lowest BCUT2D eigenvalue weighted by Crippen LogP contribution is -2.39. The number of carbonyl (C=O) groups excluding carboxylic acids is 1. The number of benzene rings is 2. The van der Waals surface area contributed by atoms with Gasteiger partial charge < -0.3 is 14.1 Å². The first-order valence-corrected chi connectivity index (χ1v) is 11.0. The number of aromatic nitrogens is 2. The van der Waals surface area contributed by atoms with Gasteiger partial charge in [-0.3, -0.25) is 20.2 Å². The molecule has 35 heavy (non-hydrogen) atoms. The molecule has 2 aromatic carbocycles. The minimum absolute atomic E-state index is 0.00844. The second kappa shape index (κ2) is 9.87. The Hall–Kier alpha value is -4.35. The number of nitro benzene ring substituents is 2. The molecule has 0 amide bonds. The number of esters is 1. The first kappa shape index (κ1) is 23.8. The van der Waals surface area contributed by atoms with E-state index in [1.807, 2.05) is 4.90 Å². The Morgan fingerprint density at radius 3 is 2.37 bits per heavy atom. The average molecular weight is 481 g/mol. The lowest BCUT2D eigenvalue weighted by Gasteiger charge is -2.36. The van der Waals surface area contributed by atoms with Gasteiger partial charge in [-0.1, -0.05) is 13.8 Å². The minimum atomic E-state index is -0.768. The summed E-state index contributed by atoms with van der Waals surface area (Å²) >= 11 is 0. The second-order valence-electron chi connectivity index (χ2n) is 8.69. The SMILES string of the molecule is CC1CC(C)CN(c2ccc(C(=O)OCc3nnc(-c4ccc([N+](=O)[O-])cc4)o3)cc2[N+](=O)[O-])C1. The van der Waals surface area contributed by atoms with Crippen molar-refractivity contribution >= 4 is 23.0 Å². The highest BCUT2D eigenvalue weighted by molar-refractivity contribution is 5.91. The molecule has 0 aliphatic carbocycles. The molecule has 0 bridgehead atoms. The quantitative estimate of drug-likeness (QED) is 0.269. The highest BCUT2D eigenvalue weighted by Gasteiger charge is 2.28. The highest BCUT2D eigenvalue weighted by atomic mass is 16.6. The van der Waals surface area contributed by atoms with E-state index in [0.717, 1.165) is 6.42 Å². The predicted octanol–water partition coefficient (Wildman–Crippen LogP) is 4.39. The van der Waals surface area contributed by atoms with Crippen molar-refractivity contribution in [1.82, 2.24) is 10.2 Å². The van der Waals surface area contributed by atoms with E-state index in [4.69, 9.17) is 9.15 Å². The summed E-state index contributed by atoms with van der Waals surface area (Å²) in [6.45, 7) is 5.32. The van der Waals surface area contributed by atoms with Crippen LogP contribution in [0.25, 0.3) is 11.5 Å². The Morgan fingerprint density at radius 2 is 1.74 bits per heavy atom. The van der Waals surface area contributed by atoms with Crippen molar-refractivity contribution in [1.29, 1.82) is 0 Å². The molecule has 0 radical (unpaired) electrons. The number of carbonyl (C=O) groups is 1. The molecule has 1 aliphatic heterocycles. The van der Waals surface area contributed by atoms with Gasteiger partial charge in [0.1, 0.15) is 5.69 Å². The van der Waals surface area contributed by atoms with Crippen LogP contribution in [0.1, 0.15) is 36.5 Å². The van der Waals surface area contributed by atoms with Crippen molar-refractivity contribution in [3.8, 4) is 11.5 Å². The maximum Gasteiger partial charge on any atom is 0.338 e. The summed E-state index contributed by atoms with van der Waals surface area (Å²) in [5, 5.41) is 30.2. The van der Waals surface area contributed by atoms with Gasteiger partial charge in [0, 0.05) is 36.9 Å². The molecule has 1 fully saturated rings. The maximum atomic E-state index is 12.6. The molecule has 0 N–H and O–H groups in total. The fourth-order valence-electron chi connectivity index (χ4n) is 4.29. The molecule has 4 rings (SSSR count). The van der Waals surface area contributed by atoms with Crippen LogP contribution in [0.3, 0.4) is 0 Å². The average Bonchev–Trinajstić information content (AvgIpc) is 3.30. The number of hydrogen-bond acceptors (Lipinski definition) is 10. The number of rotatable bonds is 7. The number of non-ortho nitro benzene ring substituents is 1. The molecule has 2 atom stereocenters. The zero-order chi connectivity index (χ0) is 25.1. The Morgan fingerprint density at radius 1 is 1.06 bits per heavy atom. The number of piperidine rings is 1. The van der Waals surface area contributed by atoms with Gasteiger partial charge in [-0.25, -0.2) is 4.79 Å². The predicted molar refractivity (Wildman–Crippen MR) is 124 cm³/mol. The number of nitrogens with zero attached hydrogens (tertiary/aromatic N) is 5. The monoisotopic (exact) mass is 481 g/mol. The molecule has 0 spiro atoms. The third-order valence-electron chi connectivity index (χ3n) is 5.74. The Kier molecular flexibility index (Phi) is 6.71. The van der Waals surface area contributed by atoms with Gasteiger partial charge in [-0.15, -0.1) is 10.2 Å². The van der Waals surface area contributed by atoms with Crippen LogP contribution in [0.4, 0.5) is 17.1 Å². The van der Waals surface area contributed by atoms with E-state index in [2.05, 4.69) is 24.0 Å². The summed E-state index contributed by atoms with van der Waals surface area (Å²) < 4.78 is 10.7. The Labute approximate surface area is 199 Å². The normalized spacial score (nSPS) is 17.7. The molecule has 12 nitrogen and oxygen atoms in total. The zero-order valence-corrected chi connectivity index (χ0v) is 19.1. The lowest BCUT2D eigenvalue weighted by molar-refractivity contribution is -0.384. The molecule has 2 heterocycles. The molecule has 1 aromatic heterocycles. The van der Waals surface area contributed by atoms with E-state index in [0.29, 0.717) is 36.2 Å². The van der Waals surface area contributed by atoms with E-state index < -0.39 is 15.8 Å². The van der Waals surface area contributed by atoms with Gasteiger partial charge in [-0.2, -0.15) is 0 Å². The smallest absolute Gasteiger partial charge is 0.338 e. The minimum Gasteiger partial charge on any atom is -0.452 e. The van der Waals surface area contributed by atoms with Crippen LogP contribution >= 0.6 is 0 Å². The van der Waals surface area contributed by atoms with Crippen molar-refractivity contribution in [3.63, 3.8) is 0 Å². The van der Waals surface area contributed by atoms with E-state index >= 15 is 0 Å². The van der Waals surface area contributed by atoms with Crippen LogP contribution < -0.4 is 4.90 Å². The summed E-state index contributed by atoms with van der Waals surface area (Å²) in [5.74, 6) is 0.168. The number of ether oxygens (including phenoxy) is 1. The number of nitro groups is 2. The molecule has 12 heteroatoms. The fraction of sp³-hybridized carbons (Fsp3) is 0.348. The first-order chi connectivity index (χ1) is 16.7. The van der Waals surface area contributed by atoms with Crippen molar-refractivity contribution < 1.29 is 23.8 Å². The van der Waals surface area contributed by atoms with Crippen LogP contribution in [0, 0.1) is 32.1 Å². The van der Waals surface area contributed by atoms with Crippen molar-refractivity contribution in [2.75, 3.05) is 18.0 Å². The van der Waals surface area contributed by atoms with E-state index in [1.165, 1.54) is 36.4 Å². The molecular weight excluding hydrogens is 458 g/mol. The fourth-order valence-corrected chi connectivity index (χ4v) is 4.29. The zero-order valence-electron chi connectivity index (χ0n) is 19.1. The molecule has 1 saturated heterocycles. The Balaban J connectivity index is 1.44. The second-order valence-corrected chi connectivity index (χ2v) is 8.69. The first-order valence-electron chi connectivity index (χ1n) is 11.0. The molecule has 2 unspecified atom stereocenters. The molecule has 3 aromatic rings. The highest BCUT2D eigenvalue weighted by Crippen LogP contribution is 2.34. The summed E-state index contributed by atoms with van der Waals surface area (Å²) in [7, 11) is 0. The topological polar surface area (TPSA) is 155 Å². The summed E-state index contributed by atoms with van der Waals surface area (Å²) in [4.78, 5) is 36.0. The van der Waals surface area contributed by atoms with Crippen LogP contribution in [0.2, 0.25) is 0 Å². The number of anilines is 1. The summed E-state index contributed by atoms with van der Waals surface area (Å²) in [6.07, 6.45) is 1.07. The molecule has 0 saturated carbocycles. The van der Waals surface area contributed by atoms with Crippen LogP contribution in [0.5, 0.6) is 0 Å². The van der Waals surface area contributed by atoms with Crippen LogP contribution in [-0.2, 0) is 11.3 Å². The van der Waals surface area contributed by atoms with Gasteiger partial charge in [0.2, 0.25) is 5.89 Å². The van der Waals surface area contributed by atoms with Gasteiger partial charge in [0.25, 0.3) is 17.3 Å². The Bertz CT molecular complexity index is 1250. The third-order valence-corrected chi connectivity index (χ3v) is 5.74. The maximum absolute atomic E-state index is 12.6. The van der Waals surface area contributed by atoms with Crippen molar-refractivity contribution in [2.24, 2.45) is 11.8 Å². The van der Waals surface area contributed by atoms with Crippen LogP contribution in [0.15, 0.2) is 46.9 Å². The van der Waals surface area contributed by atoms with E-state index in [9.17, 15) is 25.0 Å². The van der Waals surface area contributed by atoms with Crippen molar-refractivity contribution in [3.05, 3.63) is 74.1 Å².